The maximum Gasteiger partial charge on any atom is 0.144 e. The lowest BCUT2D eigenvalue weighted by Crippen LogP contribution is -2.38. The number of nitrogens with zero attached hydrogens (tertiary/aromatic N) is 1. The van der Waals surface area contributed by atoms with Gasteiger partial charge in [-0.15, -0.1) is 0 Å². The molecule has 0 heterocycles. The molecule has 36 heavy (non-hydrogen) atoms. The van der Waals surface area contributed by atoms with Crippen LogP contribution in [0.5, 0.6) is 0 Å². The van der Waals surface area contributed by atoms with Crippen LogP contribution in [0, 0.1) is 0 Å². The van der Waals surface area contributed by atoms with E-state index in [9.17, 15) is 0 Å². The highest BCUT2D eigenvalue weighted by Crippen LogP contribution is 2.54. The Bertz CT molecular complexity index is 1310. The normalized spacial score (nSPS) is 11.5. The van der Waals surface area contributed by atoms with Crippen LogP contribution in [-0.2, 0) is 0 Å². The first-order valence-electron chi connectivity index (χ1n) is 12.3. The zero-order chi connectivity index (χ0) is 24.8. The molecule has 0 N–H and O–H groups in total. The van der Waals surface area contributed by atoms with Crippen LogP contribution in [0.1, 0.15) is 11.1 Å². The summed E-state index contributed by atoms with van der Waals surface area (Å²) < 4.78 is 0. The largest absolute Gasteiger partial charge is 0.378 e. The highest BCUT2D eigenvalue weighted by Gasteiger charge is 2.47. The Morgan fingerprint density at radius 1 is 0.417 bits per heavy atom. The third-order valence-electron chi connectivity index (χ3n) is 6.59. The van der Waals surface area contributed by atoms with Gasteiger partial charge >= 0.3 is 0 Å². The highest BCUT2D eigenvalue weighted by molar-refractivity contribution is 8.01. The molecule has 1 nitrogen and oxygen atoms in total. The minimum absolute atomic E-state index is 1.20. The number of hydrogen-bond donors (Lipinski definition) is 0. The average Bonchev–Trinajstić information content (AvgIpc) is 2.95. The van der Waals surface area contributed by atoms with E-state index in [0.29, 0.717) is 0 Å². The third-order valence-corrected chi connectivity index (χ3v) is 10.9. The fourth-order valence-corrected chi connectivity index (χ4v) is 8.98. The van der Waals surface area contributed by atoms with E-state index >= 15 is 0 Å². The summed E-state index contributed by atoms with van der Waals surface area (Å²) in [6, 6.07) is 50.8. The molecule has 5 aromatic rings. The summed E-state index contributed by atoms with van der Waals surface area (Å²) in [5, 5.41) is 5.46. The highest BCUT2D eigenvalue weighted by atomic mass is 31.2. The van der Waals surface area contributed by atoms with Gasteiger partial charge in [0.05, 0.1) is 0 Å². The number of rotatable bonds is 7. The predicted octanol–water partition coefficient (Wildman–Crippen LogP) is 6.54. The van der Waals surface area contributed by atoms with Gasteiger partial charge in [-0.25, -0.2) is 0 Å². The molecule has 0 aliphatic heterocycles. The minimum atomic E-state index is -2.05. The van der Waals surface area contributed by atoms with Crippen molar-refractivity contribution in [1.29, 1.82) is 0 Å². The summed E-state index contributed by atoms with van der Waals surface area (Å²) in [7, 11) is 2.08. The van der Waals surface area contributed by atoms with Crippen molar-refractivity contribution in [1.82, 2.24) is 0 Å². The lowest BCUT2D eigenvalue weighted by molar-refractivity contribution is 1.13. The van der Waals surface area contributed by atoms with Crippen LogP contribution in [0.15, 0.2) is 140 Å². The fraction of sp³-hybridized carbons (Fsp3) is 0.0588. The van der Waals surface area contributed by atoms with Crippen LogP contribution in [0.2, 0.25) is 0 Å². The monoisotopic (exact) mass is 484 g/mol. The number of benzene rings is 5. The fourth-order valence-electron chi connectivity index (χ4n) is 4.73. The summed E-state index contributed by atoms with van der Waals surface area (Å²) in [5.74, 6) is 0. The topological polar surface area (TPSA) is 3.24 Å². The number of hydrogen-bond acceptors (Lipinski definition) is 1. The van der Waals surface area contributed by atoms with Crippen LogP contribution in [0.3, 0.4) is 0 Å². The van der Waals surface area contributed by atoms with Crippen molar-refractivity contribution in [3.05, 3.63) is 151 Å². The molecule has 2 heteroatoms. The molecule has 0 aliphatic carbocycles. The van der Waals surface area contributed by atoms with E-state index in [1.807, 2.05) is 0 Å². The molecule has 0 saturated heterocycles. The molecule has 0 aromatic heterocycles. The molecular formula is C34H31NP+. The molecule has 5 rings (SSSR count). The molecule has 0 radical (unpaired) electrons. The molecule has 0 unspecified atom stereocenters. The molecule has 0 aliphatic rings. The molecule has 0 bridgehead atoms. The van der Waals surface area contributed by atoms with Gasteiger partial charge in [-0.2, -0.15) is 0 Å². The second-order valence-corrected chi connectivity index (χ2v) is 12.5. The van der Waals surface area contributed by atoms with Crippen molar-refractivity contribution in [2.45, 2.75) is 0 Å². The van der Waals surface area contributed by atoms with Crippen molar-refractivity contribution in [3.63, 3.8) is 0 Å². The van der Waals surface area contributed by atoms with Crippen molar-refractivity contribution in [2.75, 3.05) is 19.0 Å². The van der Waals surface area contributed by atoms with E-state index in [-0.39, 0.29) is 0 Å². The van der Waals surface area contributed by atoms with Gasteiger partial charge in [0.25, 0.3) is 0 Å². The maximum absolute atomic E-state index is 2.33. The van der Waals surface area contributed by atoms with Crippen LogP contribution < -0.4 is 26.1 Å². The van der Waals surface area contributed by atoms with Crippen LogP contribution in [-0.4, -0.2) is 14.1 Å². The summed E-state index contributed by atoms with van der Waals surface area (Å²) in [6.45, 7) is 0. The van der Waals surface area contributed by atoms with Gasteiger partial charge in [0, 0.05) is 19.8 Å². The van der Waals surface area contributed by atoms with E-state index in [1.54, 1.807) is 0 Å². The molecule has 0 atom stereocenters. The SMILES string of the molecule is CN(C)c1ccc(/C=C/c2ccc([P+](c3ccccc3)(c3ccccc3)c3ccccc3)cc2)cc1. The first-order chi connectivity index (χ1) is 17.7. The molecule has 0 amide bonds. The van der Waals surface area contributed by atoms with Gasteiger partial charge in [-0.1, -0.05) is 91.0 Å². The predicted molar refractivity (Wildman–Crippen MR) is 161 cm³/mol. The van der Waals surface area contributed by atoms with Crippen molar-refractivity contribution in [2.24, 2.45) is 0 Å². The molecular weight excluding hydrogens is 453 g/mol. The van der Waals surface area contributed by atoms with Gasteiger partial charge in [-0.3, -0.25) is 0 Å². The van der Waals surface area contributed by atoms with Crippen molar-refractivity contribution < 1.29 is 0 Å². The number of anilines is 1. The Morgan fingerprint density at radius 2 is 0.750 bits per heavy atom. The zero-order valence-electron chi connectivity index (χ0n) is 20.8. The standard InChI is InChI=1S/C34H31NP/c1-35(2)30-24-20-28(21-25-30)18-19-29-22-26-34(27-23-29)36(31-12-6-3-7-13-31,32-14-8-4-9-15-32)33-16-10-5-11-17-33/h3-27H,1-2H3/q+1/b19-18+. The summed E-state index contributed by atoms with van der Waals surface area (Å²) in [5.41, 5.74) is 3.60. The Labute approximate surface area is 215 Å². The summed E-state index contributed by atoms with van der Waals surface area (Å²) >= 11 is 0. The molecule has 5 aromatic carbocycles. The van der Waals surface area contributed by atoms with Gasteiger partial charge in [0.2, 0.25) is 0 Å². The van der Waals surface area contributed by atoms with E-state index in [4.69, 9.17) is 0 Å². The summed E-state index contributed by atoms with van der Waals surface area (Å²) in [4.78, 5) is 2.12. The smallest absolute Gasteiger partial charge is 0.144 e. The first kappa shape index (κ1) is 23.8. The minimum Gasteiger partial charge on any atom is -0.378 e. The van der Waals surface area contributed by atoms with E-state index < -0.39 is 7.26 Å². The average molecular weight is 485 g/mol. The van der Waals surface area contributed by atoms with Crippen LogP contribution in [0.25, 0.3) is 12.2 Å². The first-order valence-corrected chi connectivity index (χ1v) is 14.1. The molecule has 0 fully saturated rings. The molecule has 176 valence electrons. The van der Waals surface area contributed by atoms with Gasteiger partial charge < -0.3 is 4.90 Å². The Morgan fingerprint density at radius 3 is 1.11 bits per heavy atom. The quantitative estimate of drug-likeness (QED) is 0.187. The second kappa shape index (κ2) is 10.8. The van der Waals surface area contributed by atoms with E-state index in [0.717, 1.165) is 0 Å². The molecule has 0 saturated carbocycles. The third kappa shape index (κ3) is 4.76. The van der Waals surface area contributed by atoms with E-state index in [1.165, 1.54) is 38.0 Å². The Balaban J connectivity index is 1.59. The Kier molecular flexibility index (Phi) is 7.12. The zero-order valence-corrected chi connectivity index (χ0v) is 21.7. The van der Waals surface area contributed by atoms with E-state index in [2.05, 4.69) is 171 Å². The van der Waals surface area contributed by atoms with Gasteiger partial charge in [-0.05, 0) is 71.8 Å². The Hall–Kier alpha value is -3.93. The second-order valence-electron chi connectivity index (χ2n) is 9.09. The maximum atomic E-state index is 2.33. The molecule has 0 spiro atoms. The lowest BCUT2D eigenvalue weighted by atomic mass is 10.1. The van der Waals surface area contributed by atoms with Gasteiger partial charge in [0.1, 0.15) is 28.5 Å². The van der Waals surface area contributed by atoms with Crippen molar-refractivity contribution in [3.8, 4) is 0 Å². The van der Waals surface area contributed by atoms with Crippen LogP contribution >= 0.6 is 7.26 Å². The lowest BCUT2D eigenvalue weighted by Gasteiger charge is -2.27. The van der Waals surface area contributed by atoms with Crippen LogP contribution in [0.4, 0.5) is 5.69 Å². The van der Waals surface area contributed by atoms with Gasteiger partial charge in [0.15, 0.2) is 0 Å². The van der Waals surface area contributed by atoms with Crippen molar-refractivity contribution >= 4 is 46.3 Å². The summed E-state index contributed by atoms with van der Waals surface area (Å²) in [6.07, 6.45) is 4.38.